The van der Waals surface area contributed by atoms with Gasteiger partial charge in [0.1, 0.15) is 0 Å². The molecule has 4 heteroatoms. The number of unbranched alkanes of at least 4 members (excludes halogenated alkanes) is 5. The van der Waals surface area contributed by atoms with Gasteiger partial charge < -0.3 is 0 Å². The molecule has 1 atom stereocenters. The number of hydrogen-bond donors (Lipinski definition) is 0. The fourth-order valence-corrected chi connectivity index (χ4v) is 4.99. The van der Waals surface area contributed by atoms with E-state index < -0.39 is 10.0 Å². The molecule has 0 N–H and O–H groups in total. The minimum absolute atomic E-state index is 0.148. The highest BCUT2D eigenvalue weighted by molar-refractivity contribution is 7.89. The fraction of sp³-hybridized carbons (Fsp3) is 0.524. The molecule has 1 heterocycles. The molecule has 1 saturated heterocycles. The van der Waals surface area contributed by atoms with Crippen LogP contribution in [0.2, 0.25) is 0 Å². The summed E-state index contributed by atoms with van der Waals surface area (Å²) in [4.78, 5) is 0.355. The van der Waals surface area contributed by atoms with Crippen molar-refractivity contribution >= 4 is 10.0 Å². The third-order valence-corrected chi connectivity index (χ3v) is 6.88. The van der Waals surface area contributed by atoms with Crippen molar-refractivity contribution in [3.05, 3.63) is 54.1 Å². The van der Waals surface area contributed by atoms with Crippen LogP contribution >= 0.6 is 0 Å². The van der Waals surface area contributed by atoms with Crippen molar-refractivity contribution in [2.75, 3.05) is 6.54 Å². The van der Waals surface area contributed by atoms with Crippen molar-refractivity contribution in [2.45, 2.75) is 69.7 Å². The molecule has 0 amide bonds. The zero-order chi connectivity index (χ0) is 18.4. The van der Waals surface area contributed by atoms with Crippen molar-refractivity contribution in [2.24, 2.45) is 0 Å². The summed E-state index contributed by atoms with van der Waals surface area (Å²) >= 11 is 0. The number of rotatable bonds is 9. The third kappa shape index (κ3) is 4.83. The summed E-state index contributed by atoms with van der Waals surface area (Å²) in [5, 5.41) is 0. The van der Waals surface area contributed by atoms with Crippen LogP contribution in [0.1, 0.15) is 57.4 Å². The Hall–Kier alpha value is -1.39. The molecular formula is C21H31NO2S. The quantitative estimate of drug-likeness (QED) is 0.565. The van der Waals surface area contributed by atoms with Crippen LogP contribution in [0.4, 0.5) is 0 Å². The minimum Gasteiger partial charge on any atom is -0.207 e. The smallest absolute Gasteiger partial charge is 0.207 e. The van der Waals surface area contributed by atoms with Gasteiger partial charge in [-0.1, -0.05) is 76.3 Å². The first-order valence-electron chi connectivity index (χ1n) is 9.33. The summed E-state index contributed by atoms with van der Waals surface area (Å²) in [6.45, 7) is 12.7. The summed E-state index contributed by atoms with van der Waals surface area (Å²) in [6, 6.07) is 6.92. The lowest BCUT2D eigenvalue weighted by molar-refractivity contribution is 0.383. The maximum atomic E-state index is 13.1. The van der Waals surface area contributed by atoms with Gasteiger partial charge in [-0.3, -0.25) is 0 Å². The third-order valence-electron chi connectivity index (χ3n) is 5.01. The van der Waals surface area contributed by atoms with Crippen LogP contribution in [0.3, 0.4) is 0 Å². The van der Waals surface area contributed by atoms with Crippen molar-refractivity contribution in [3.63, 3.8) is 0 Å². The number of aryl methyl sites for hydroxylation is 1. The Balaban J connectivity index is 2.07. The Morgan fingerprint density at radius 1 is 1.04 bits per heavy atom. The molecule has 2 rings (SSSR count). The molecule has 3 nitrogen and oxygen atoms in total. The number of hydrogen-bond acceptors (Lipinski definition) is 2. The van der Waals surface area contributed by atoms with Gasteiger partial charge in [-0.05, 0) is 36.6 Å². The second-order valence-electron chi connectivity index (χ2n) is 7.06. The number of benzene rings is 1. The molecule has 0 radical (unpaired) electrons. The van der Waals surface area contributed by atoms with E-state index in [0.29, 0.717) is 11.4 Å². The molecule has 1 unspecified atom stereocenters. The van der Waals surface area contributed by atoms with Crippen LogP contribution in [-0.4, -0.2) is 25.3 Å². The van der Waals surface area contributed by atoms with Gasteiger partial charge in [-0.25, -0.2) is 8.42 Å². The van der Waals surface area contributed by atoms with E-state index in [2.05, 4.69) is 20.1 Å². The summed E-state index contributed by atoms with van der Waals surface area (Å²) in [5.74, 6) is 0. The van der Waals surface area contributed by atoms with Gasteiger partial charge in [-0.15, -0.1) is 0 Å². The number of nitrogens with zero attached hydrogens (tertiary/aromatic N) is 1. The standard InChI is InChI=1S/C21H31NO2S/c1-5-6-7-8-9-10-11-21-19(4)18(3)16-22(21)25(23,24)20-14-12-17(2)13-15-20/h12-15,21H,3-11,16H2,1-2H3. The first-order chi connectivity index (χ1) is 11.9. The summed E-state index contributed by atoms with van der Waals surface area (Å²) in [7, 11) is -3.51. The van der Waals surface area contributed by atoms with E-state index in [9.17, 15) is 8.42 Å². The first kappa shape index (κ1) is 19.9. The van der Waals surface area contributed by atoms with Crippen LogP contribution in [-0.2, 0) is 10.0 Å². The monoisotopic (exact) mass is 361 g/mol. The van der Waals surface area contributed by atoms with Crippen LogP contribution in [0.5, 0.6) is 0 Å². The van der Waals surface area contributed by atoms with Gasteiger partial charge in [0.25, 0.3) is 0 Å². The SMILES string of the molecule is C=C1CN(S(=O)(=O)c2ccc(C)cc2)C(CCCCCCCC)C1=C. The van der Waals surface area contributed by atoms with Crippen LogP contribution < -0.4 is 0 Å². The normalized spacial score (nSPS) is 18.9. The fourth-order valence-electron chi connectivity index (χ4n) is 3.34. The maximum Gasteiger partial charge on any atom is 0.243 e. The molecule has 1 fully saturated rings. The Labute approximate surface area is 153 Å². The van der Waals surface area contributed by atoms with Crippen molar-refractivity contribution in [3.8, 4) is 0 Å². The van der Waals surface area contributed by atoms with Gasteiger partial charge in [0, 0.05) is 6.54 Å². The van der Waals surface area contributed by atoms with Crippen LogP contribution in [0, 0.1) is 6.92 Å². The van der Waals surface area contributed by atoms with E-state index in [1.165, 1.54) is 25.7 Å². The van der Waals surface area contributed by atoms with E-state index >= 15 is 0 Å². The maximum absolute atomic E-state index is 13.1. The van der Waals surface area contributed by atoms with E-state index in [4.69, 9.17) is 0 Å². The second-order valence-corrected chi connectivity index (χ2v) is 8.95. The lowest BCUT2D eigenvalue weighted by Crippen LogP contribution is -2.36. The highest BCUT2D eigenvalue weighted by atomic mass is 32.2. The van der Waals surface area contributed by atoms with E-state index in [1.807, 2.05) is 19.1 Å². The van der Waals surface area contributed by atoms with E-state index in [-0.39, 0.29) is 6.04 Å². The Bertz CT molecular complexity index is 704. The zero-order valence-electron chi connectivity index (χ0n) is 15.6. The Morgan fingerprint density at radius 2 is 1.64 bits per heavy atom. The predicted octanol–water partition coefficient (Wildman–Crippen LogP) is 5.23. The molecule has 1 aromatic carbocycles. The molecule has 25 heavy (non-hydrogen) atoms. The molecule has 1 aromatic rings. The molecule has 138 valence electrons. The molecule has 0 saturated carbocycles. The van der Waals surface area contributed by atoms with E-state index in [1.54, 1.807) is 16.4 Å². The van der Waals surface area contributed by atoms with Crippen LogP contribution in [0.25, 0.3) is 0 Å². The van der Waals surface area contributed by atoms with Crippen molar-refractivity contribution in [1.29, 1.82) is 0 Å². The predicted molar refractivity (Wildman–Crippen MR) is 105 cm³/mol. The minimum atomic E-state index is -3.51. The largest absolute Gasteiger partial charge is 0.243 e. The highest BCUT2D eigenvalue weighted by Crippen LogP contribution is 2.34. The topological polar surface area (TPSA) is 37.4 Å². The zero-order valence-corrected chi connectivity index (χ0v) is 16.4. The average Bonchev–Trinajstić information content (AvgIpc) is 2.87. The van der Waals surface area contributed by atoms with Crippen molar-refractivity contribution in [1.82, 2.24) is 4.31 Å². The molecule has 0 aromatic heterocycles. The lowest BCUT2D eigenvalue weighted by Gasteiger charge is -2.24. The van der Waals surface area contributed by atoms with E-state index in [0.717, 1.165) is 36.0 Å². The molecule has 1 aliphatic heterocycles. The van der Waals surface area contributed by atoms with Crippen LogP contribution in [0.15, 0.2) is 53.5 Å². The lowest BCUT2D eigenvalue weighted by atomic mass is 10.0. The summed E-state index contributed by atoms with van der Waals surface area (Å²) in [5.41, 5.74) is 2.77. The number of sulfonamides is 1. The Morgan fingerprint density at radius 3 is 2.28 bits per heavy atom. The van der Waals surface area contributed by atoms with Gasteiger partial charge in [0.2, 0.25) is 10.0 Å². The average molecular weight is 362 g/mol. The van der Waals surface area contributed by atoms with Gasteiger partial charge >= 0.3 is 0 Å². The summed E-state index contributed by atoms with van der Waals surface area (Å²) in [6.07, 6.45) is 8.01. The van der Waals surface area contributed by atoms with Gasteiger partial charge in [0.15, 0.2) is 0 Å². The first-order valence-corrected chi connectivity index (χ1v) is 10.8. The summed E-state index contributed by atoms with van der Waals surface area (Å²) < 4.78 is 27.7. The molecule has 0 bridgehead atoms. The van der Waals surface area contributed by atoms with Crippen molar-refractivity contribution < 1.29 is 8.42 Å². The molecule has 0 spiro atoms. The molecule has 0 aliphatic carbocycles. The van der Waals surface area contributed by atoms with Gasteiger partial charge in [0.05, 0.1) is 10.9 Å². The Kier molecular flexibility index (Phi) is 7.03. The molecule has 1 aliphatic rings. The second kappa shape index (κ2) is 8.81. The highest BCUT2D eigenvalue weighted by Gasteiger charge is 2.38. The molecular weight excluding hydrogens is 330 g/mol. The van der Waals surface area contributed by atoms with Gasteiger partial charge in [-0.2, -0.15) is 4.31 Å².